The van der Waals surface area contributed by atoms with Crippen molar-refractivity contribution in [3.05, 3.63) is 17.0 Å². The molecule has 4 nitrogen and oxygen atoms in total. The summed E-state index contributed by atoms with van der Waals surface area (Å²) in [7, 11) is -3.39. The fourth-order valence-electron chi connectivity index (χ4n) is 2.22. The van der Waals surface area contributed by atoms with Gasteiger partial charge in [0.1, 0.15) is 4.21 Å². The molecule has 1 N–H and O–H groups in total. The molecule has 0 amide bonds. The van der Waals surface area contributed by atoms with Gasteiger partial charge < -0.3 is 5.11 Å². The molecule has 0 bridgehead atoms. The van der Waals surface area contributed by atoms with E-state index in [4.69, 9.17) is 5.11 Å². The van der Waals surface area contributed by atoms with Crippen LogP contribution >= 0.6 is 11.3 Å². The Hall–Kier alpha value is -0.430. The number of nitrogens with zero attached hydrogens (tertiary/aromatic N) is 1. The van der Waals surface area contributed by atoms with Crippen LogP contribution in [-0.4, -0.2) is 29.9 Å². The van der Waals surface area contributed by atoms with E-state index in [1.54, 1.807) is 16.4 Å². The zero-order valence-corrected chi connectivity index (χ0v) is 11.6. The van der Waals surface area contributed by atoms with Gasteiger partial charge in [0.05, 0.1) is 6.61 Å². The number of thiophene rings is 1. The Labute approximate surface area is 106 Å². The summed E-state index contributed by atoms with van der Waals surface area (Å²) in [5.41, 5.74) is -0.303. The number of hydrogen-bond donors (Lipinski definition) is 1. The standard InChI is InChI=1S/C11H17NO3S2/c1-11(2)6-3-7-12(11)17(14,15)10-5-4-9(8-13)16-10/h4-5,13H,3,6-8H2,1-2H3. The first-order valence-corrected chi connectivity index (χ1v) is 7.86. The van der Waals surface area contributed by atoms with Crippen molar-refractivity contribution in [3.63, 3.8) is 0 Å². The molecule has 0 aliphatic carbocycles. The number of aliphatic hydroxyl groups is 1. The largest absolute Gasteiger partial charge is 0.391 e. The first kappa shape index (κ1) is 13.0. The monoisotopic (exact) mass is 275 g/mol. The molecule has 0 aromatic carbocycles. The Kier molecular flexibility index (Phi) is 3.33. The van der Waals surface area contributed by atoms with Crippen molar-refractivity contribution < 1.29 is 13.5 Å². The normalized spacial score (nSPS) is 20.9. The maximum atomic E-state index is 12.4. The van der Waals surface area contributed by atoms with Crippen LogP contribution < -0.4 is 0 Å². The van der Waals surface area contributed by atoms with Crippen molar-refractivity contribution >= 4 is 21.4 Å². The van der Waals surface area contributed by atoms with Crippen molar-refractivity contribution in [1.29, 1.82) is 0 Å². The second-order valence-corrected chi connectivity index (χ2v) is 8.13. The summed E-state index contributed by atoms with van der Waals surface area (Å²) >= 11 is 1.15. The lowest BCUT2D eigenvalue weighted by molar-refractivity contribution is 0.285. The van der Waals surface area contributed by atoms with E-state index in [0.29, 0.717) is 15.6 Å². The molecule has 0 atom stereocenters. The molecule has 2 rings (SSSR count). The zero-order chi connectivity index (χ0) is 12.7. The number of aliphatic hydroxyl groups excluding tert-OH is 1. The van der Waals surface area contributed by atoms with Gasteiger partial charge in [0.2, 0.25) is 0 Å². The van der Waals surface area contributed by atoms with Crippen LogP contribution in [0.25, 0.3) is 0 Å². The first-order valence-electron chi connectivity index (χ1n) is 5.60. The third kappa shape index (κ3) is 2.27. The Bertz CT molecular complexity index is 505. The molecular formula is C11H17NO3S2. The molecule has 0 unspecified atom stereocenters. The highest BCUT2D eigenvalue weighted by Gasteiger charge is 2.41. The highest BCUT2D eigenvalue weighted by Crippen LogP contribution is 2.35. The summed E-state index contributed by atoms with van der Waals surface area (Å²) < 4.78 is 26.8. The van der Waals surface area contributed by atoms with Gasteiger partial charge in [-0.15, -0.1) is 11.3 Å². The number of hydrogen-bond acceptors (Lipinski definition) is 4. The van der Waals surface area contributed by atoms with Crippen LogP contribution in [0.2, 0.25) is 0 Å². The van der Waals surface area contributed by atoms with E-state index >= 15 is 0 Å². The Morgan fingerprint density at radius 1 is 1.47 bits per heavy atom. The van der Waals surface area contributed by atoms with Crippen LogP contribution in [0.4, 0.5) is 0 Å². The molecule has 1 fully saturated rings. The summed E-state index contributed by atoms with van der Waals surface area (Å²) in [6.07, 6.45) is 1.80. The fraction of sp³-hybridized carbons (Fsp3) is 0.636. The van der Waals surface area contributed by atoms with Crippen LogP contribution in [0, 0.1) is 0 Å². The fourth-order valence-corrected chi connectivity index (χ4v) is 5.39. The Morgan fingerprint density at radius 3 is 2.65 bits per heavy atom. The van der Waals surface area contributed by atoms with E-state index in [9.17, 15) is 8.42 Å². The molecule has 0 saturated carbocycles. The average Bonchev–Trinajstić information content (AvgIpc) is 2.83. The van der Waals surface area contributed by atoms with Crippen molar-refractivity contribution in [2.45, 2.75) is 43.0 Å². The van der Waals surface area contributed by atoms with E-state index < -0.39 is 10.0 Å². The quantitative estimate of drug-likeness (QED) is 0.915. The third-order valence-corrected chi connectivity index (χ3v) is 6.81. The maximum Gasteiger partial charge on any atom is 0.253 e. The molecule has 1 aliphatic rings. The number of rotatable bonds is 3. The van der Waals surface area contributed by atoms with E-state index in [1.165, 1.54) is 0 Å². The van der Waals surface area contributed by atoms with Crippen LogP contribution in [0.5, 0.6) is 0 Å². The van der Waals surface area contributed by atoms with Crippen molar-refractivity contribution in [2.24, 2.45) is 0 Å². The van der Waals surface area contributed by atoms with Crippen molar-refractivity contribution in [3.8, 4) is 0 Å². The minimum absolute atomic E-state index is 0.108. The molecule has 2 heterocycles. The molecule has 17 heavy (non-hydrogen) atoms. The summed E-state index contributed by atoms with van der Waals surface area (Å²) in [4.78, 5) is 0.681. The third-order valence-electron chi connectivity index (χ3n) is 3.16. The Morgan fingerprint density at radius 2 is 2.18 bits per heavy atom. The molecule has 6 heteroatoms. The molecule has 0 radical (unpaired) electrons. The summed E-state index contributed by atoms with van der Waals surface area (Å²) in [6, 6.07) is 3.25. The summed E-state index contributed by atoms with van der Waals surface area (Å²) in [5, 5.41) is 8.99. The molecular weight excluding hydrogens is 258 g/mol. The molecule has 0 spiro atoms. The summed E-state index contributed by atoms with van der Waals surface area (Å²) in [6.45, 7) is 4.39. The first-order chi connectivity index (χ1) is 7.88. The zero-order valence-electron chi connectivity index (χ0n) is 10.0. The highest BCUT2D eigenvalue weighted by molar-refractivity contribution is 7.91. The molecule has 1 aliphatic heterocycles. The predicted octanol–water partition coefficient (Wildman–Crippen LogP) is 1.80. The van der Waals surface area contributed by atoms with Crippen LogP contribution in [0.15, 0.2) is 16.3 Å². The average molecular weight is 275 g/mol. The minimum atomic E-state index is -3.39. The second kappa shape index (κ2) is 4.35. The molecule has 1 aromatic rings. The van der Waals surface area contributed by atoms with Crippen LogP contribution in [0.1, 0.15) is 31.6 Å². The number of sulfonamides is 1. The van der Waals surface area contributed by atoms with E-state index in [0.717, 1.165) is 24.2 Å². The molecule has 96 valence electrons. The lowest BCUT2D eigenvalue weighted by Gasteiger charge is -2.29. The van der Waals surface area contributed by atoms with Gasteiger partial charge in [-0.05, 0) is 38.8 Å². The Balaban J connectivity index is 2.36. The summed E-state index contributed by atoms with van der Waals surface area (Å²) in [5.74, 6) is 0. The van der Waals surface area contributed by atoms with Crippen LogP contribution in [0.3, 0.4) is 0 Å². The van der Waals surface area contributed by atoms with Gasteiger partial charge in [-0.25, -0.2) is 8.42 Å². The van der Waals surface area contributed by atoms with Gasteiger partial charge in [-0.2, -0.15) is 4.31 Å². The van der Waals surface area contributed by atoms with Gasteiger partial charge >= 0.3 is 0 Å². The van der Waals surface area contributed by atoms with Gasteiger partial charge in [0.25, 0.3) is 10.0 Å². The van der Waals surface area contributed by atoms with Gasteiger partial charge in [-0.1, -0.05) is 0 Å². The van der Waals surface area contributed by atoms with Gasteiger partial charge in [0.15, 0.2) is 0 Å². The van der Waals surface area contributed by atoms with Crippen molar-refractivity contribution in [2.75, 3.05) is 6.54 Å². The maximum absolute atomic E-state index is 12.4. The lowest BCUT2D eigenvalue weighted by Crippen LogP contribution is -2.42. The molecule has 1 aromatic heterocycles. The highest BCUT2D eigenvalue weighted by atomic mass is 32.2. The smallest absolute Gasteiger partial charge is 0.253 e. The SMILES string of the molecule is CC1(C)CCCN1S(=O)(=O)c1ccc(CO)s1. The minimum Gasteiger partial charge on any atom is -0.391 e. The lowest BCUT2D eigenvalue weighted by atomic mass is 10.0. The van der Waals surface area contributed by atoms with Crippen molar-refractivity contribution in [1.82, 2.24) is 4.31 Å². The van der Waals surface area contributed by atoms with Gasteiger partial charge in [-0.3, -0.25) is 0 Å². The van der Waals surface area contributed by atoms with E-state index in [-0.39, 0.29) is 12.1 Å². The van der Waals surface area contributed by atoms with Crippen LogP contribution in [-0.2, 0) is 16.6 Å². The molecule has 1 saturated heterocycles. The van der Waals surface area contributed by atoms with Gasteiger partial charge in [0, 0.05) is 17.0 Å². The second-order valence-electron chi connectivity index (χ2n) is 4.87. The van der Waals surface area contributed by atoms with E-state index in [1.807, 2.05) is 13.8 Å². The predicted molar refractivity (Wildman–Crippen MR) is 67.4 cm³/mol. The topological polar surface area (TPSA) is 57.6 Å². The van der Waals surface area contributed by atoms with E-state index in [2.05, 4.69) is 0 Å².